The third-order valence-electron chi connectivity index (χ3n) is 4.40. The number of rotatable bonds is 7. The topological polar surface area (TPSA) is 43.0 Å². The third-order valence-corrected chi connectivity index (χ3v) is 4.40. The van der Waals surface area contributed by atoms with E-state index in [0.717, 1.165) is 54.9 Å². The number of hydrogen-bond acceptors (Lipinski definition) is 5. The fraction of sp³-hybridized carbons (Fsp3) is 0.647. The summed E-state index contributed by atoms with van der Waals surface area (Å²) in [4.78, 5) is 2.47. The first-order valence-corrected chi connectivity index (χ1v) is 7.87. The van der Waals surface area contributed by atoms with Crippen molar-refractivity contribution in [2.75, 3.05) is 48.0 Å². The second kappa shape index (κ2) is 9.85. The molecule has 0 spiro atoms. The molecule has 0 aliphatic carbocycles. The molecule has 6 heteroatoms. The van der Waals surface area contributed by atoms with Crippen LogP contribution in [0.1, 0.15) is 18.4 Å². The van der Waals surface area contributed by atoms with Crippen molar-refractivity contribution in [3.05, 3.63) is 17.7 Å². The Hall–Kier alpha value is -1.17. The Balaban J connectivity index is 0.00000264. The number of likely N-dealkylation sites (tertiary alicyclic amines) is 1. The molecule has 23 heavy (non-hydrogen) atoms. The second-order valence-electron chi connectivity index (χ2n) is 5.79. The maximum atomic E-state index is 5.53. The molecule has 0 unspecified atom stereocenters. The molecule has 1 heterocycles. The van der Waals surface area contributed by atoms with E-state index in [1.807, 2.05) is 19.2 Å². The van der Waals surface area contributed by atoms with Crippen LogP contribution in [0.15, 0.2) is 12.1 Å². The number of nitrogens with one attached hydrogen (secondary N) is 1. The SMILES string of the molecule is CNCC1CCN(Cc2c(OC)cc(OC)cc2OC)CC1.Cl. The van der Waals surface area contributed by atoms with E-state index in [1.165, 1.54) is 12.8 Å². The van der Waals surface area contributed by atoms with Crippen LogP contribution in [0, 0.1) is 5.92 Å². The van der Waals surface area contributed by atoms with Gasteiger partial charge in [0.1, 0.15) is 17.2 Å². The monoisotopic (exact) mass is 344 g/mol. The number of benzene rings is 1. The fourth-order valence-corrected chi connectivity index (χ4v) is 3.09. The van der Waals surface area contributed by atoms with Gasteiger partial charge in [0.15, 0.2) is 0 Å². The number of nitrogens with zero attached hydrogens (tertiary/aromatic N) is 1. The lowest BCUT2D eigenvalue weighted by atomic mass is 9.96. The summed E-state index contributed by atoms with van der Waals surface area (Å²) in [6.07, 6.45) is 2.48. The second-order valence-corrected chi connectivity index (χ2v) is 5.79. The van der Waals surface area contributed by atoms with Gasteiger partial charge in [-0.25, -0.2) is 0 Å². The summed E-state index contributed by atoms with van der Waals surface area (Å²) >= 11 is 0. The molecule has 0 saturated carbocycles. The van der Waals surface area contributed by atoms with Crippen molar-refractivity contribution in [1.82, 2.24) is 10.2 Å². The minimum absolute atomic E-state index is 0. The Kier molecular flexibility index (Phi) is 8.52. The molecule has 1 aliphatic heterocycles. The summed E-state index contributed by atoms with van der Waals surface area (Å²) in [5.41, 5.74) is 1.10. The lowest BCUT2D eigenvalue weighted by Crippen LogP contribution is -2.36. The van der Waals surface area contributed by atoms with Crippen LogP contribution >= 0.6 is 12.4 Å². The number of hydrogen-bond donors (Lipinski definition) is 1. The largest absolute Gasteiger partial charge is 0.496 e. The van der Waals surface area contributed by atoms with Crippen LogP contribution in [0.4, 0.5) is 0 Å². The zero-order valence-electron chi connectivity index (χ0n) is 14.6. The Bertz CT molecular complexity index is 452. The summed E-state index contributed by atoms with van der Waals surface area (Å²) in [6.45, 7) is 4.20. The van der Waals surface area contributed by atoms with Crippen molar-refractivity contribution < 1.29 is 14.2 Å². The molecule has 1 N–H and O–H groups in total. The van der Waals surface area contributed by atoms with E-state index in [9.17, 15) is 0 Å². The molecule has 0 amide bonds. The molecule has 0 aromatic heterocycles. The van der Waals surface area contributed by atoms with Crippen molar-refractivity contribution in [3.8, 4) is 17.2 Å². The number of piperidine rings is 1. The molecule has 0 bridgehead atoms. The van der Waals surface area contributed by atoms with Crippen molar-refractivity contribution >= 4 is 12.4 Å². The summed E-state index contributed by atoms with van der Waals surface area (Å²) < 4.78 is 16.4. The lowest BCUT2D eigenvalue weighted by Gasteiger charge is -2.32. The molecule has 5 nitrogen and oxygen atoms in total. The average Bonchev–Trinajstić information content (AvgIpc) is 2.56. The van der Waals surface area contributed by atoms with Gasteiger partial charge in [0.05, 0.1) is 26.9 Å². The van der Waals surface area contributed by atoms with Crippen LogP contribution < -0.4 is 19.5 Å². The maximum Gasteiger partial charge on any atom is 0.130 e. The van der Waals surface area contributed by atoms with Gasteiger partial charge in [0.25, 0.3) is 0 Å². The fourth-order valence-electron chi connectivity index (χ4n) is 3.09. The van der Waals surface area contributed by atoms with Gasteiger partial charge >= 0.3 is 0 Å². The number of halogens is 1. The third kappa shape index (κ3) is 5.16. The van der Waals surface area contributed by atoms with E-state index in [0.29, 0.717) is 0 Å². The lowest BCUT2D eigenvalue weighted by molar-refractivity contribution is 0.173. The van der Waals surface area contributed by atoms with Crippen LogP contribution in [0.5, 0.6) is 17.2 Å². The minimum Gasteiger partial charge on any atom is -0.496 e. The smallest absolute Gasteiger partial charge is 0.130 e. The minimum atomic E-state index is 0. The first kappa shape index (κ1) is 19.9. The standard InChI is InChI=1S/C17H28N2O3.ClH/c1-18-11-13-5-7-19(8-6-13)12-15-16(21-3)9-14(20-2)10-17(15)22-4;/h9-10,13,18H,5-8,11-12H2,1-4H3;1H. The van der Waals surface area contributed by atoms with Gasteiger partial charge in [-0.05, 0) is 45.4 Å². The van der Waals surface area contributed by atoms with E-state index in [-0.39, 0.29) is 12.4 Å². The van der Waals surface area contributed by atoms with E-state index < -0.39 is 0 Å². The van der Waals surface area contributed by atoms with Crippen LogP contribution in [-0.2, 0) is 6.54 Å². The Morgan fingerprint density at radius 2 is 1.61 bits per heavy atom. The molecular formula is C17H29ClN2O3. The highest BCUT2D eigenvalue weighted by atomic mass is 35.5. The summed E-state index contributed by atoms with van der Waals surface area (Å²) in [5, 5.41) is 3.28. The van der Waals surface area contributed by atoms with Gasteiger partial charge in [-0.15, -0.1) is 12.4 Å². The maximum absolute atomic E-state index is 5.53. The highest BCUT2D eigenvalue weighted by molar-refractivity contribution is 5.85. The molecule has 132 valence electrons. The number of ether oxygens (including phenoxy) is 3. The first-order chi connectivity index (χ1) is 10.7. The molecule has 1 fully saturated rings. The van der Waals surface area contributed by atoms with Crippen LogP contribution in [-0.4, -0.2) is 52.9 Å². The van der Waals surface area contributed by atoms with Gasteiger partial charge in [0.2, 0.25) is 0 Å². The van der Waals surface area contributed by atoms with Crippen LogP contribution in [0.2, 0.25) is 0 Å². The Morgan fingerprint density at radius 1 is 1.04 bits per heavy atom. The van der Waals surface area contributed by atoms with Gasteiger partial charge in [-0.1, -0.05) is 0 Å². The summed E-state index contributed by atoms with van der Waals surface area (Å²) in [5.74, 6) is 3.20. The van der Waals surface area contributed by atoms with E-state index >= 15 is 0 Å². The van der Waals surface area contributed by atoms with Crippen LogP contribution in [0.25, 0.3) is 0 Å². The summed E-state index contributed by atoms with van der Waals surface area (Å²) in [6, 6.07) is 3.84. The zero-order chi connectivity index (χ0) is 15.9. The van der Waals surface area contributed by atoms with Gasteiger partial charge in [-0.3, -0.25) is 4.90 Å². The number of methoxy groups -OCH3 is 3. The van der Waals surface area contributed by atoms with Gasteiger partial charge in [-0.2, -0.15) is 0 Å². The quantitative estimate of drug-likeness (QED) is 0.823. The Labute approximate surface area is 145 Å². The molecule has 0 radical (unpaired) electrons. The predicted molar refractivity (Wildman–Crippen MR) is 95.3 cm³/mol. The average molecular weight is 345 g/mol. The molecule has 0 atom stereocenters. The molecule has 2 rings (SSSR count). The highest BCUT2D eigenvalue weighted by Gasteiger charge is 2.22. The van der Waals surface area contributed by atoms with Crippen molar-refractivity contribution in [3.63, 3.8) is 0 Å². The van der Waals surface area contributed by atoms with E-state index in [4.69, 9.17) is 14.2 Å². The van der Waals surface area contributed by atoms with Crippen molar-refractivity contribution in [2.24, 2.45) is 5.92 Å². The van der Waals surface area contributed by atoms with E-state index in [1.54, 1.807) is 21.3 Å². The zero-order valence-corrected chi connectivity index (χ0v) is 15.4. The van der Waals surface area contributed by atoms with Crippen molar-refractivity contribution in [2.45, 2.75) is 19.4 Å². The molecule has 1 aromatic rings. The van der Waals surface area contributed by atoms with Crippen LogP contribution in [0.3, 0.4) is 0 Å². The normalized spacial score (nSPS) is 15.8. The first-order valence-electron chi connectivity index (χ1n) is 7.87. The molecule has 1 saturated heterocycles. The van der Waals surface area contributed by atoms with E-state index in [2.05, 4.69) is 10.2 Å². The predicted octanol–water partition coefficient (Wildman–Crippen LogP) is 2.57. The molecule has 1 aliphatic rings. The highest BCUT2D eigenvalue weighted by Crippen LogP contribution is 2.35. The molecule has 1 aromatic carbocycles. The van der Waals surface area contributed by atoms with Crippen molar-refractivity contribution in [1.29, 1.82) is 0 Å². The summed E-state index contributed by atoms with van der Waals surface area (Å²) in [7, 11) is 7.06. The van der Waals surface area contributed by atoms with Gasteiger partial charge < -0.3 is 19.5 Å². The molecular weight excluding hydrogens is 316 g/mol. The van der Waals surface area contributed by atoms with Gasteiger partial charge in [0, 0.05) is 18.7 Å². The Morgan fingerprint density at radius 3 is 2.04 bits per heavy atom.